The van der Waals surface area contributed by atoms with Gasteiger partial charge in [-0.05, 0) is 44.4 Å². The molecule has 1 saturated carbocycles. The Labute approximate surface area is 116 Å². The van der Waals surface area contributed by atoms with Gasteiger partial charge in [0.25, 0.3) is 0 Å². The highest BCUT2D eigenvalue weighted by Crippen LogP contribution is 2.28. The lowest BCUT2D eigenvalue weighted by molar-refractivity contribution is -0.122. The third-order valence-corrected chi connectivity index (χ3v) is 5.20. The molecule has 18 heavy (non-hydrogen) atoms. The Hall–Kier alpha value is -0.220. The zero-order valence-electron chi connectivity index (χ0n) is 11.8. The van der Waals surface area contributed by atoms with E-state index in [0.29, 0.717) is 23.6 Å². The second-order valence-corrected chi connectivity index (χ2v) is 6.35. The van der Waals surface area contributed by atoms with Gasteiger partial charge in [-0.25, -0.2) is 0 Å². The summed E-state index contributed by atoms with van der Waals surface area (Å²) in [5.41, 5.74) is 5.58. The van der Waals surface area contributed by atoms with E-state index >= 15 is 0 Å². The van der Waals surface area contributed by atoms with E-state index in [2.05, 4.69) is 18.5 Å². The number of carbonyl (C=O) groups is 1. The molecular formula is C14H28N2OS. The second kappa shape index (κ2) is 8.81. The smallest absolute Gasteiger partial charge is 0.220 e. The summed E-state index contributed by atoms with van der Waals surface area (Å²) in [4.78, 5) is 11.9. The number of thioether (sulfide) groups is 1. The van der Waals surface area contributed by atoms with E-state index in [-0.39, 0.29) is 5.91 Å². The topological polar surface area (TPSA) is 55.1 Å². The van der Waals surface area contributed by atoms with Crippen LogP contribution in [0.3, 0.4) is 0 Å². The monoisotopic (exact) mass is 272 g/mol. The molecule has 0 aromatic carbocycles. The molecule has 1 amide bonds. The van der Waals surface area contributed by atoms with Gasteiger partial charge >= 0.3 is 0 Å². The first-order valence-electron chi connectivity index (χ1n) is 7.23. The zero-order valence-corrected chi connectivity index (χ0v) is 12.6. The highest BCUT2D eigenvalue weighted by molar-refractivity contribution is 7.99. The molecular weight excluding hydrogens is 244 g/mol. The first-order valence-corrected chi connectivity index (χ1v) is 8.52. The van der Waals surface area contributed by atoms with Gasteiger partial charge in [0.15, 0.2) is 0 Å². The molecule has 0 aliphatic heterocycles. The number of hydrogen-bond donors (Lipinski definition) is 2. The van der Waals surface area contributed by atoms with E-state index in [1.165, 1.54) is 12.8 Å². The Morgan fingerprint density at radius 1 is 1.44 bits per heavy atom. The maximum atomic E-state index is 11.9. The molecule has 0 aromatic rings. The summed E-state index contributed by atoms with van der Waals surface area (Å²) in [6.45, 7) is 2.91. The van der Waals surface area contributed by atoms with Gasteiger partial charge in [-0.3, -0.25) is 4.79 Å². The van der Waals surface area contributed by atoms with Gasteiger partial charge in [-0.2, -0.15) is 11.8 Å². The van der Waals surface area contributed by atoms with Gasteiger partial charge in [-0.15, -0.1) is 0 Å². The highest BCUT2D eigenvalue weighted by Gasteiger charge is 2.27. The van der Waals surface area contributed by atoms with E-state index in [4.69, 9.17) is 5.73 Å². The number of rotatable bonds is 8. The molecule has 3 N–H and O–H groups in total. The van der Waals surface area contributed by atoms with Crippen LogP contribution < -0.4 is 11.1 Å². The van der Waals surface area contributed by atoms with Crippen LogP contribution in [0.2, 0.25) is 0 Å². The molecule has 4 heteroatoms. The number of hydrogen-bond acceptors (Lipinski definition) is 3. The van der Waals surface area contributed by atoms with Crippen molar-refractivity contribution in [1.82, 2.24) is 5.32 Å². The minimum Gasteiger partial charge on any atom is -0.352 e. The fourth-order valence-corrected chi connectivity index (χ4v) is 3.71. The predicted octanol–water partition coefficient (Wildman–Crippen LogP) is 2.54. The minimum absolute atomic E-state index is 0.233. The lowest BCUT2D eigenvalue weighted by Gasteiger charge is -2.20. The summed E-state index contributed by atoms with van der Waals surface area (Å²) < 4.78 is 0. The molecule has 0 bridgehead atoms. The third-order valence-electron chi connectivity index (χ3n) is 4.03. The summed E-state index contributed by atoms with van der Waals surface area (Å²) in [6, 6.07) is 0.405. The molecule has 0 aromatic heterocycles. The van der Waals surface area contributed by atoms with Crippen LogP contribution in [0.15, 0.2) is 0 Å². The van der Waals surface area contributed by atoms with Crippen LogP contribution in [0.5, 0.6) is 0 Å². The Morgan fingerprint density at radius 3 is 2.83 bits per heavy atom. The van der Waals surface area contributed by atoms with Crippen molar-refractivity contribution in [2.75, 3.05) is 12.8 Å². The van der Waals surface area contributed by atoms with Crippen molar-refractivity contribution < 1.29 is 4.79 Å². The third kappa shape index (κ3) is 5.19. The Bertz CT molecular complexity index is 248. The minimum atomic E-state index is 0.233. The van der Waals surface area contributed by atoms with Gasteiger partial charge in [0.05, 0.1) is 0 Å². The second-order valence-electron chi connectivity index (χ2n) is 5.27. The van der Waals surface area contributed by atoms with Crippen molar-refractivity contribution in [3.8, 4) is 0 Å². The Morgan fingerprint density at radius 2 is 2.22 bits per heavy atom. The molecule has 0 spiro atoms. The van der Waals surface area contributed by atoms with E-state index < -0.39 is 0 Å². The standard InChI is InChI=1S/C14H28N2OS/c1-3-11(9-10-15)7-8-14(17)16-12-5-4-6-13(12)18-2/h11-13H,3-10,15H2,1-2H3,(H,16,17). The number of amides is 1. The quantitative estimate of drug-likeness (QED) is 0.714. The lowest BCUT2D eigenvalue weighted by Crippen LogP contribution is -2.38. The van der Waals surface area contributed by atoms with E-state index in [9.17, 15) is 4.79 Å². The first-order chi connectivity index (χ1) is 8.71. The van der Waals surface area contributed by atoms with Crippen LogP contribution in [0.1, 0.15) is 51.9 Å². The average Bonchev–Trinajstić information content (AvgIpc) is 2.81. The van der Waals surface area contributed by atoms with Crippen LogP contribution in [-0.2, 0) is 4.79 Å². The first kappa shape index (κ1) is 15.8. The fraction of sp³-hybridized carbons (Fsp3) is 0.929. The molecule has 3 unspecified atom stereocenters. The van der Waals surface area contributed by atoms with Crippen molar-refractivity contribution in [2.45, 2.75) is 63.2 Å². The molecule has 0 saturated heterocycles. The summed E-state index contributed by atoms with van der Waals surface area (Å²) in [5, 5.41) is 3.84. The number of nitrogens with two attached hydrogens (primary N) is 1. The predicted molar refractivity (Wildman–Crippen MR) is 79.8 cm³/mol. The Balaban J connectivity index is 2.24. The van der Waals surface area contributed by atoms with Crippen molar-refractivity contribution in [2.24, 2.45) is 11.7 Å². The van der Waals surface area contributed by atoms with Crippen molar-refractivity contribution in [3.05, 3.63) is 0 Å². The van der Waals surface area contributed by atoms with Crippen LogP contribution in [0.4, 0.5) is 0 Å². The maximum absolute atomic E-state index is 11.9. The normalized spacial score (nSPS) is 25.1. The molecule has 1 fully saturated rings. The van der Waals surface area contributed by atoms with E-state index in [0.717, 1.165) is 32.2 Å². The molecule has 0 heterocycles. The average molecular weight is 272 g/mol. The van der Waals surface area contributed by atoms with Crippen LogP contribution in [-0.4, -0.2) is 30.0 Å². The van der Waals surface area contributed by atoms with Crippen LogP contribution in [0.25, 0.3) is 0 Å². The van der Waals surface area contributed by atoms with Crippen molar-refractivity contribution in [3.63, 3.8) is 0 Å². The number of carbonyl (C=O) groups excluding carboxylic acids is 1. The summed E-state index contributed by atoms with van der Waals surface area (Å²) in [5.74, 6) is 0.845. The maximum Gasteiger partial charge on any atom is 0.220 e. The van der Waals surface area contributed by atoms with Gasteiger partial charge < -0.3 is 11.1 Å². The summed E-state index contributed by atoms with van der Waals surface area (Å²) in [7, 11) is 0. The zero-order chi connectivity index (χ0) is 13.4. The van der Waals surface area contributed by atoms with Gasteiger partial charge in [0, 0.05) is 17.7 Å². The van der Waals surface area contributed by atoms with Crippen molar-refractivity contribution in [1.29, 1.82) is 0 Å². The summed E-state index contributed by atoms with van der Waals surface area (Å²) in [6.07, 6.45) is 9.60. The van der Waals surface area contributed by atoms with Crippen LogP contribution in [0, 0.1) is 5.92 Å². The molecule has 106 valence electrons. The molecule has 3 nitrogen and oxygen atoms in total. The largest absolute Gasteiger partial charge is 0.352 e. The Kier molecular flexibility index (Phi) is 7.75. The molecule has 1 rings (SSSR count). The van der Waals surface area contributed by atoms with Gasteiger partial charge in [-0.1, -0.05) is 19.8 Å². The summed E-state index contributed by atoms with van der Waals surface area (Å²) >= 11 is 1.89. The number of nitrogens with one attached hydrogen (secondary N) is 1. The van der Waals surface area contributed by atoms with E-state index in [1.54, 1.807) is 0 Å². The van der Waals surface area contributed by atoms with E-state index in [1.807, 2.05) is 11.8 Å². The lowest BCUT2D eigenvalue weighted by atomic mass is 9.96. The van der Waals surface area contributed by atoms with Crippen molar-refractivity contribution >= 4 is 17.7 Å². The SMILES string of the molecule is CCC(CCN)CCC(=O)NC1CCCC1SC. The highest BCUT2D eigenvalue weighted by atomic mass is 32.2. The van der Waals surface area contributed by atoms with Gasteiger partial charge in [0.2, 0.25) is 5.91 Å². The molecule has 1 aliphatic rings. The molecule has 0 radical (unpaired) electrons. The molecule has 3 atom stereocenters. The van der Waals surface area contributed by atoms with Crippen LogP contribution >= 0.6 is 11.8 Å². The molecule has 1 aliphatic carbocycles. The van der Waals surface area contributed by atoms with Gasteiger partial charge in [0.1, 0.15) is 0 Å². The fourth-order valence-electron chi connectivity index (χ4n) is 2.78.